The van der Waals surface area contributed by atoms with E-state index >= 15 is 0 Å². The van der Waals surface area contributed by atoms with E-state index < -0.39 is 10.6 Å². The molecule has 0 unspecified atom stereocenters. The van der Waals surface area contributed by atoms with E-state index in [1.807, 2.05) is 0 Å². The highest BCUT2D eigenvalue weighted by Crippen LogP contribution is 2.42. The number of nitro groups is 1. The Kier molecular flexibility index (Phi) is 3.86. The van der Waals surface area contributed by atoms with Crippen LogP contribution in [0.1, 0.15) is 10.4 Å². The Hall–Kier alpha value is -2.31. The molecule has 0 spiro atoms. The summed E-state index contributed by atoms with van der Waals surface area (Å²) in [5.41, 5.74) is -0.658. The number of ether oxygens (including phenoxy) is 3. The Balaban J connectivity index is 3.67. The predicted molar refractivity (Wildman–Crippen MR) is 58.1 cm³/mol. The molecule has 7 nitrogen and oxygen atoms in total. The van der Waals surface area contributed by atoms with Gasteiger partial charge < -0.3 is 14.2 Å². The third-order valence-electron chi connectivity index (χ3n) is 2.16. The van der Waals surface area contributed by atoms with Crippen molar-refractivity contribution >= 4 is 12.0 Å². The molecule has 1 aromatic rings. The Labute approximate surface area is 97.0 Å². The Bertz CT molecular complexity index is 457. The fourth-order valence-corrected chi connectivity index (χ4v) is 1.44. The lowest BCUT2D eigenvalue weighted by atomic mass is 10.1. The van der Waals surface area contributed by atoms with Crippen LogP contribution in [0.25, 0.3) is 0 Å². The first kappa shape index (κ1) is 12.8. The molecule has 1 rings (SSSR count). The summed E-state index contributed by atoms with van der Waals surface area (Å²) in [6, 6.07) is 1.30. The number of hydrogen-bond acceptors (Lipinski definition) is 6. The van der Waals surface area contributed by atoms with Gasteiger partial charge in [-0.2, -0.15) is 0 Å². The van der Waals surface area contributed by atoms with Gasteiger partial charge in [0.15, 0.2) is 17.8 Å². The maximum Gasteiger partial charge on any atom is 0.325 e. The number of carbonyl (C=O) groups excluding carboxylic acids is 1. The Morgan fingerprint density at radius 3 is 2.12 bits per heavy atom. The SMILES string of the molecule is COc1cc(OC)c([N+](=O)[O-])c(C=O)c1OC. The van der Waals surface area contributed by atoms with Crippen molar-refractivity contribution in [1.82, 2.24) is 0 Å². The monoisotopic (exact) mass is 241 g/mol. The average Bonchev–Trinajstić information content (AvgIpc) is 2.35. The predicted octanol–water partition coefficient (Wildman–Crippen LogP) is 1.43. The van der Waals surface area contributed by atoms with Gasteiger partial charge >= 0.3 is 5.69 Å². The number of rotatable bonds is 5. The van der Waals surface area contributed by atoms with Gasteiger partial charge in [0.25, 0.3) is 0 Å². The second kappa shape index (κ2) is 5.15. The first-order chi connectivity index (χ1) is 8.10. The zero-order valence-electron chi connectivity index (χ0n) is 9.55. The summed E-state index contributed by atoms with van der Waals surface area (Å²) in [6.07, 6.45) is 0.335. The number of aldehydes is 1. The molecule has 0 amide bonds. The summed E-state index contributed by atoms with van der Waals surface area (Å²) in [4.78, 5) is 21.1. The molecular weight excluding hydrogens is 230 g/mol. The number of nitro benzene ring substituents is 1. The fourth-order valence-electron chi connectivity index (χ4n) is 1.44. The van der Waals surface area contributed by atoms with Crippen LogP contribution in [0, 0.1) is 10.1 Å². The van der Waals surface area contributed by atoms with E-state index in [2.05, 4.69) is 0 Å². The van der Waals surface area contributed by atoms with Crippen LogP contribution in [0.2, 0.25) is 0 Å². The summed E-state index contributed by atoms with van der Waals surface area (Å²) >= 11 is 0. The number of benzene rings is 1. The third kappa shape index (κ3) is 2.12. The minimum Gasteiger partial charge on any atom is -0.493 e. The summed E-state index contributed by atoms with van der Waals surface area (Å²) in [6.45, 7) is 0. The molecule has 0 heterocycles. The summed E-state index contributed by atoms with van der Waals surface area (Å²) in [7, 11) is 3.92. The molecule has 0 atom stereocenters. The highest BCUT2D eigenvalue weighted by Gasteiger charge is 2.28. The first-order valence-electron chi connectivity index (χ1n) is 4.53. The highest BCUT2D eigenvalue weighted by atomic mass is 16.6. The second-order valence-electron chi connectivity index (χ2n) is 2.95. The van der Waals surface area contributed by atoms with Crippen LogP contribution in [0.4, 0.5) is 5.69 Å². The molecule has 0 bridgehead atoms. The maximum atomic E-state index is 11.0. The van der Waals surface area contributed by atoms with Gasteiger partial charge in [0.05, 0.1) is 26.3 Å². The van der Waals surface area contributed by atoms with Gasteiger partial charge in [0.1, 0.15) is 5.56 Å². The van der Waals surface area contributed by atoms with Crippen molar-refractivity contribution in [2.24, 2.45) is 0 Å². The van der Waals surface area contributed by atoms with Crippen LogP contribution < -0.4 is 14.2 Å². The van der Waals surface area contributed by atoms with Crippen LogP contribution in [0.3, 0.4) is 0 Å². The molecule has 7 heteroatoms. The number of nitrogens with zero attached hydrogens (tertiary/aromatic N) is 1. The van der Waals surface area contributed by atoms with Crippen molar-refractivity contribution in [2.45, 2.75) is 0 Å². The van der Waals surface area contributed by atoms with Gasteiger partial charge in [-0.1, -0.05) is 0 Å². The standard InChI is InChI=1S/C10H11NO6/c1-15-7-4-8(16-2)10(17-3)6(5-12)9(7)11(13)14/h4-5H,1-3H3. The molecule has 92 valence electrons. The van der Waals surface area contributed by atoms with Crippen molar-refractivity contribution < 1.29 is 23.9 Å². The van der Waals surface area contributed by atoms with Crippen molar-refractivity contribution in [3.8, 4) is 17.2 Å². The summed E-state index contributed by atoms with van der Waals surface area (Å²) < 4.78 is 14.8. The molecule has 0 saturated heterocycles. The number of carbonyl (C=O) groups is 1. The third-order valence-corrected chi connectivity index (χ3v) is 2.16. The molecular formula is C10H11NO6. The molecule has 1 aromatic carbocycles. The molecule has 0 N–H and O–H groups in total. The molecule has 0 aliphatic rings. The van der Waals surface area contributed by atoms with Gasteiger partial charge in [0, 0.05) is 6.07 Å². The molecule has 0 aliphatic carbocycles. The van der Waals surface area contributed by atoms with Gasteiger partial charge in [-0.05, 0) is 0 Å². The van der Waals surface area contributed by atoms with Gasteiger partial charge in [0.2, 0.25) is 5.75 Å². The average molecular weight is 241 g/mol. The van der Waals surface area contributed by atoms with E-state index in [-0.39, 0.29) is 22.8 Å². The zero-order valence-corrected chi connectivity index (χ0v) is 9.55. The minimum atomic E-state index is -0.704. The number of hydrogen-bond donors (Lipinski definition) is 0. The van der Waals surface area contributed by atoms with Crippen molar-refractivity contribution in [3.63, 3.8) is 0 Å². The lowest BCUT2D eigenvalue weighted by molar-refractivity contribution is -0.386. The van der Waals surface area contributed by atoms with E-state index in [1.54, 1.807) is 0 Å². The number of methoxy groups -OCH3 is 3. The maximum absolute atomic E-state index is 11.0. The van der Waals surface area contributed by atoms with Crippen LogP contribution >= 0.6 is 0 Å². The van der Waals surface area contributed by atoms with Gasteiger partial charge in [-0.15, -0.1) is 0 Å². The molecule has 0 fully saturated rings. The summed E-state index contributed by atoms with van der Waals surface area (Å²) in [5, 5.41) is 10.9. The molecule has 0 aliphatic heterocycles. The van der Waals surface area contributed by atoms with Crippen molar-refractivity contribution in [1.29, 1.82) is 0 Å². The lowest BCUT2D eigenvalue weighted by Gasteiger charge is -2.12. The van der Waals surface area contributed by atoms with E-state index in [4.69, 9.17) is 14.2 Å². The van der Waals surface area contributed by atoms with Crippen LogP contribution in [-0.2, 0) is 0 Å². The minimum absolute atomic E-state index is 0.00926. The smallest absolute Gasteiger partial charge is 0.325 e. The Morgan fingerprint density at radius 1 is 1.18 bits per heavy atom. The summed E-state index contributed by atoms with van der Waals surface area (Å²) in [5.74, 6) is 0.141. The van der Waals surface area contributed by atoms with Crippen molar-refractivity contribution in [2.75, 3.05) is 21.3 Å². The first-order valence-corrected chi connectivity index (χ1v) is 4.53. The van der Waals surface area contributed by atoms with Gasteiger partial charge in [-0.25, -0.2) is 0 Å². The van der Waals surface area contributed by atoms with Crippen LogP contribution in [-0.4, -0.2) is 32.5 Å². The van der Waals surface area contributed by atoms with Crippen molar-refractivity contribution in [3.05, 3.63) is 21.7 Å². The van der Waals surface area contributed by atoms with E-state index in [9.17, 15) is 14.9 Å². The molecule has 0 radical (unpaired) electrons. The quantitative estimate of drug-likeness (QED) is 0.440. The van der Waals surface area contributed by atoms with E-state index in [0.717, 1.165) is 0 Å². The topological polar surface area (TPSA) is 87.9 Å². The largest absolute Gasteiger partial charge is 0.493 e. The zero-order chi connectivity index (χ0) is 13.0. The molecule has 17 heavy (non-hydrogen) atoms. The van der Waals surface area contributed by atoms with Gasteiger partial charge in [-0.3, -0.25) is 14.9 Å². The molecule has 0 saturated carbocycles. The lowest BCUT2D eigenvalue weighted by Crippen LogP contribution is -2.03. The Morgan fingerprint density at radius 2 is 1.76 bits per heavy atom. The van der Waals surface area contributed by atoms with E-state index in [1.165, 1.54) is 27.4 Å². The van der Waals surface area contributed by atoms with Crippen LogP contribution in [0.5, 0.6) is 17.2 Å². The normalized spacial score (nSPS) is 9.59. The second-order valence-corrected chi connectivity index (χ2v) is 2.95. The van der Waals surface area contributed by atoms with Crippen LogP contribution in [0.15, 0.2) is 6.07 Å². The molecule has 0 aromatic heterocycles. The van der Waals surface area contributed by atoms with E-state index in [0.29, 0.717) is 6.29 Å². The fraction of sp³-hybridized carbons (Fsp3) is 0.300. The highest BCUT2D eigenvalue weighted by molar-refractivity contribution is 5.89.